The Balaban J connectivity index is 2.14. The Morgan fingerprint density at radius 3 is 2.94 bits per heavy atom. The van der Waals surface area contributed by atoms with Gasteiger partial charge in [0.05, 0.1) is 21.6 Å². The zero-order valence-electron chi connectivity index (χ0n) is 10.2. The van der Waals surface area contributed by atoms with Gasteiger partial charge >= 0.3 is 0 Å². The summed E-state index contributed by atoms with van der Waals surface area (Å²) in [6.07, 6.45) is 2.46. The summed E-state index contributed by atoms with van der Waals surface area (Å²) < 4.78 is 1.17. The molecule has 0 aliphatic carbocycles. The fourth-order valence-electron chi connectivity index (χ4n) is 2.73. The summed E-state index contributed by atoms with van der Waals surface area (Å²) in [5.41, 5.74) is 11.3. The monoisotopic (exact) mass is 247 g/mol. The molecule has 0 radical (unpaired) electrons. The third-order valence-electron chi connectivity index (χ3n) is 3.71. The van der Waals surface area contributed by atoms with Gasteiger partial charge in [0.2, 0.25) is 0 Å². The van der Waals surface area contributed by atoms with Gasteiger partial charge in [-0.1, -0.05) is 0 Å². The molecule has 3 nitrogen and oxygen atoms in total. The zero-order chi connectivity index (χ0) is 12.0. The van der Waals surface area contributed by atoms with Crippen molar-refractivity contribution in [1.29, 1.82) is 0 Å². The van der Waals surface area contributed by atoms with Crippen LogP contribution >= 0.6 is 11.3 Å². The van der Waals surface area contributed by atoms with Gasteiger partial charge in [-0.25, -0.2) is 4.98 Å². The van der Waals surface area contributed by atoms with Gasteiger partial charge in [0.15, 0.2) is 0 Å². The topological polar surface area (TPSA) is 42.2 Å². The lowest BCUT2D eigenvalue weighted by atomic mass is 10.0. The Labute approximate surface area is 105 Å². The van der Waals surface area contributed by atoms with E-state index in [2.05, 4.69) is 35.9 Å². The normalized spacial score (nSPS) is 19.1. The lowest BCUT2D eigenvalue weighted by Crippen LogP contribution is -2.38. The summed E-state index contributed by atoms with van der Waals surface area (Å²) in [7, 11) is 0. The van der Waals surface area contributed by atoms with Gasteiger partial charge in [0.1, 0.15) is 5.52 Å². The Hall–Kier alpha value is -1.29. The minimum absolute atomic E-state index is 0.206. The summed E-state index contributed by atoms with van der Waals surface area (Å²) in [6, 6.07) is 4.27. The number of thiazole rings is 1. The van der Waals surface area contributed by atoms with Crippen LogP contribution in [0, 0.1) is 0 Å². The van der Waals surface area contributed by atoms with Crippen molar-refractivity contribution in [3.05, 3.63) is 17.6 Å². The molecule has 1 aromatic heterocycles. The van der Waals surface area contributed by atoms with Gasteiger partial charge in [0.25, 0.3) is 0 Å². The van der Waals surface area contributed by atoms with E-state index in [4.69, 9.17) is 5.73 Å². The van der Waals surface area contributed by atoms with Crippen molar-refractivity contribution in [2.45, 2.75) is 32.2 Å². The molecule has 1 aliphatic heterocycles. The van der Waals surface area contributed by atoms with Gasteiger partial charge in [-0.05, 0) is 38.8 Å². The van der Waals surface area contributed by atoms with Gasteiger partial charge in [0, 0.05) is 12.1 Å². The summed E-state index contributed by atoms with van der Waals surface area (Å²) in [4.78, 5) is 6.78. The van der Waals surface area contributed by atoms with E-state index in [1.54, 1.807) is 11.3 Å². The highest BCUT2D eigenvalue weighted by Gasteiger charge is 2.33. The maximum atomic E-state index is 6.27. The number of aromatic nitrogens is 1. The molecule has 0 bridgehead atoms. The van der Waals surface area contributed by atoms with Crippen molar-refractivity contribution >= 4 is 32.9 Å². The molecule has 0 amide bonds. The summed E-state index contributed by atoms with van der Waals surface area (Å²) in [5.74, 6) is 0. The third-order valence-corrected chi connectivity index (χ3v) is 4.50. The molecule has 0 saturated carbocycles. The minimum atomic E-state index is 0.206. The predicted octanol–water partition coefficient (Wildman–Crippen LogP) is 3.26. The second-order valence-corrected chi connectivity index (χ2v) is 6.15. The first-order valence-electron chi connectivity index (χ1n) is 5.99. The van der Waals surface area contributed by atoms with Crippen molar-refractivity contribution in [2.75, 3.05) is 17.2 Å². The van der Waals surface area contributed by atoms with Crippen LogP contribution in [0.1, 0.15) is 26.7 Å². The molecule has 4 heteroatoms. The second-order valence-electron chi connectivity index (χ2n) is 5.27. The van der Waals surface area contributed by atoms with Crippen molar-refractivity contribution in [1.82, 2.24) is 4.98 Å². The van der Waals surface area contributed by atoms with E-state index in [0.717, 1.165) is 23.4 Å². The van der Waals surface area contributed by atoms with E-state index in [0.29, 0.717) is 0 Å². The molecule has 17 heavy (non-hydrogen) atoms. The maximum Gasteiger partial charge on any atom is 0.106 e. The van der Waals surface area contributed by atoms with Crippen molar-refractivity contribution in [3.8, 4) is 0 Å². The van der Waals surface area contributed by atoms with Crippen LogP contribution < -0.4 is 10.6 Å². The number of nitrogen functional groups attached to an aromatic ring is 1. The quantitative estimate of drug-likeness (QED) is 0.786. The molecule has 1 saturated heterocycles. The van der Waals surface area contributed by atoms with Gasteiger partial charge in [-0.3, -0.25) is 0 Å². The molecule has 0 unspecified atom stereocenters. The number of benzene rings is 1. The molecular formula is C13H17N3S. The number of rotatable bonds is 1. The largest absolute Gasteiger partial charge is 0.395 e. The number of hydrogen-bond donors (Lipinski definition) is 1. The molecule has 2 heterocycles. The third kappa shape index (κ3) is 1.59. The van der Waals surface area contributed by atoms with Crippen LogP contribution in [-0.4, -0.2) is 17.1 Å². The second kappa shape index (κ2) is 3.60. The molecule has 2 N–H and O–H groups in total. The Morgan fingerprint density at radius 1 is 1.41 bits per heavy atom. The SMILES string of the molecule is CC1(C)CCCN1c1ccc2scnc2c1N. The van der Waals surface area contributed by atoms with Crippen LogP contribution in [0.4, 0.5) is 11.4 Å². The van der Waals surface area contributed by atoms with Crippen molar-refractivity contribution < 1.29 is 0 Å². The van der Waals surface area contributed by atoms with Crippen LogP contribution in [0.5, 0.6) is 0 Å². The highest BCUT2D eigenvalue weighted by atomic mass is 32.1. The van der Waals surface area contributed by atoms with E-state index in [1.807, 2.05) is 5.51 Å². The highest BCUT2D eigenvalue weighted by Crippen LogP contribution is 2.39. The summed E-state index contributed by atoms with van der Waals surface area (Å²) in [6.45, 7) is 5.65. The van der Waals surface area contributed by atoms with Crippen molar-refractivity contribution in [2.24, 2.45) is 0 Å². The average molecular weight is 247 g/mol. The van der Waals surface area contributed by atoms with E-state index in [9.17, 15) is 0 Å². The maximum absolute atomic E-state index is 6.27. The number of anilines is 2. The first-order valence-corrected chi connectivity index (χ1v) is 6.87. The minimum Gasteiger partial charge on any atom is -0.395 e. The molecular weight excluding hydrogens is 230 g/mol. The average Bonchev–Trinajstić information content (AvgIpc) is 2.86. The summed E-state index contributed by atoms with van der Waals surface area (Å²) in [5, 5.41) is 0. The fraction of sp³-hybridized carbons (Fsp3) is 0.462. The smallest absolute Gasteiger partial charge is 0.106 e. The van der Waals surface area contributed by atoms with Gasteiger partial charge in [-0.15, -0.1) is 11.3 Å². The molecule has 2 aromatic rings. The van der Waals surface area contributed by atoms with E-state index < -0.39 is 0 Å². The van der Waals surface area contributed by atoms with E-state index >= 15 is 0 Å². The van der Waals surface area contributed by atoms with Crippen molar-refractivity contribution in [3.63, 3.8) is 0 Å². The van der Waals surface area contributed by atoms with Crippen LogP contribution in [0.3, 0.4) is 0 Å². The van der Waals surface area contributed by atoms with Crippen LogP contribution in [0.25, 0.3) is 10.2 Å². The summed E-state index contributed by atoms with van der Waals surface area (Å²) >= 11 is 1.64. The highest BCUT2D eigenvalue weighted by molar-refractivity contribution is 7.16. The molecule has 1 aliphatic rings. The van der Waals surface area contributed by atoms with Crippen LogP contribution in [0.15, 0.2) is 17.6 Å². The molecule has 1 fully saturated rings. The predicted molar refractivity (Wildman–Crippen MR) is 74.7 cm³/mol. The fourth-order valence-corrected chi connectivity index (χ4v) is 3.42. The zero-order valence-corrected chi connectivity index (χ0v) is 11.0. The lowest BCUT2D eigenvalue weighted by Gasteiger charge is -2.34. The molecule has 3 rings (SSSR count). The first kappa shape index (κ1) is 10.8. The molecule has 90 valence electrons. The Kier molecular flexibility index (Phi) is 2.30. The first-order chi connectivity index (χ1) is 8.09. The molecule has 1 aromatic carbocycles. The van der Waals surface area contributed by atoms with E-state index in [-0.39, 0.29) is 5.54 Å². The number of nitrogens with two attached hydrogens (primary N) is 1. The number of nitrogens with zero attached hydrogens (tertiary/aromatic N) is 2. The molecule has 0 atom stereocenters. The van der Waals surface area contributed by atoms with Gasteiger partial charge < -0.3 is 10.6 Å². The Morgan fingerprint density at radius 2 is 2.24 bits per heavy atom. The number of fused-ring (bicyclic) bond motifs is 1. The van der Waals surface area contributed by atoms with Crippen LogP contribution in [-0.2, 0) is 0 Å². The molecule has 0 spiro atoms. The van der Waals surface area contributed by atoms with Crippen LogP contribution in [0.2, 0.25) is 0 Å². The van der Waals surface area contributed by atoms with Gasteiger partial charge in [-0.2, -0.15) is 0 Å². The number of hydrogen-bond acceptors (Lipinski definition) is 4. The lowest BCUT2D eigenvalue weighted by molar-refractivity contribution is 0.518. The standard InChI is InChI=1S/C13H17N3S/c1-13(2)6-3-7-16(13)9-4-5-10-12(11(9)14)15-8-17-10/h4-5,8H,3,6-7,14H2,1-2H3. The Bertz CT molecular complexity index is 559. The van der Waals surface area contributed by atoms with E-state index in [1.165, 1.54) is 17.5 Å².